The number of hydrogen-bond acceptors (Lipinski definition) is 6. The molecule has 0 spiro atoms. The molecule has 1 unspecified atom stereocenters. The zero-order chi connectivity index (χ0) is 23.0. The van der Waals surface area contributed by atoms with E-state index in [4.69, 9.17) is 0 Å². The molecular weight excluding hydrogens is 455 g/mol. The fourth-order valence-corrected chi connectivity index (χ4v) is 6.98. The lowest BCUT2D eigenvalue weighted by Crippen LogP contribution is -2.43. The molecule has 32 heavy (non-hydrogen) atoms. The van der Waals surface area contributed by atoms with Crippen LogP contribution in [0.2, 0.25) is 0 Å². The molecule has 2 amide bonds. The zero-order valence-corrected chi connectivity index (χ0v) is 18.9. The number of hydrogen-bond donors (Lipinski definition) is 1. The molecule has 2 aromatic rings. The molecule has 1 fully saturated rings. The van der Waals surface area contributed by atoms with Gasteiger partial charge in [0.05, 0.1) is 17.0 Å². The van der Waals surface area contributed by atoms with Crippen LogP contribution in [0.3, 0.4) is 0 Å². The molecule has 3 heterocycles. The largest absolute Gasteiger partial charge is 0.337 e. The number of carbonyl (C=O) groups is 2. The van der Waals surface area contributed by atoms with Gasteiger partial charge in [-0.25, -0.2) is 12.8 Å². The lowest BCUT2D eigenvalue weighted by molar-refractivity contribution is -0.129. The highest BCUT2D eigenvalue weighted by molar-refractivity contribution is 7.89. The van der Waals surface area contributed by atoms with Gasteiger partial charge in [-0.1, -0.05) is 0 Å². The van der Waals surface area contributed by atoms with Crippen LogP contribution in [0.1, 0.15) is 35.8 Å². The van der Waals surface area contributed by atoms with Crippen molar-refractivity contribution in [2.45, 2.75) is 43.7 Å². The summed E-state index contributed by atoms with van der Waals surface area (Å²) in [5, 5.41) is 12.8. The fourth-order valence-electron chi connectivity index (χ4n) is 4.11. The molecular formula is C21H21FN4O4S2. The third-order valence-corrected chi connectivity index (χ3v) is 8.83. The first-order valence-corrected chi connectivity index (χ1v) is 12.4. The van der Waals surface area contributed by atoms with E-state index < -0.39 is 27.8 Å². The average Bonchev–Trinajstić information content (AvgIpc) is 3.38. The summed E-state index contributed by atoms with van der Waals surface area (Å²) in [6, 6.07) is 5.71. The van der Waals surface area contributed by atoms with Gasteiger partial charge < -0.3 is 10.2 Å². The second kappa shape index (κ2) is 8.61. The second-order valence-corrected chi connectivity index (χ2v) is 10.7. The van der Waals surface area contributed by atoms with Crippen molar-refractivity contribution in [3.05, 3.63) is 46.1 Å². The normalized spacial score (nSPS) is 18.8. The van der Waals surface area contributed by atoms with Crippen molar-refractivity contribution in [1.29, 1.82) is 5.26 Å². The highest BCUT2D eigenvalue weighted by atomic mass is 32.2. The summed E-state index contributed by atoms with van der Waals surface area (Å²) >= 11 is 1.24. The van der Waals surface area contributed by atoms with Crippen molar-refractivity contribution in [3.63, 3.8) is 0 Å². The maximum atomic E-state index is 13.2. The number of benzene rings is 1. The van der Waals surface area contributed by atoms with Gasteiger partial charge in [0, 0.05) is 24.9 Å². The number of halogens is 1. The minimum absolute atomic E-state index is 0.0549. The third kappa shape index (κ3) is 4.01. The molecule has 4 rings (SSSR count). The maximum Gasteiger partial charge on any atom is 0.243 e. The number of sulfonamides is 1. The van der Waals surface area contributed by atoms with Crippen LogP contribution in [0.25, 0.3) is 0 Å². The summed E-state index contributed by atoms with van der Waals surface area (Å²) in [6.45, 7) is 2.56. The summed E-state index contributed by atoms with van der Waals surface area (Å²) in [5.41, 5.74) is 1.19. The Kier molecular flexibility index (Phi) is 6.03. The van der Waals surface area contributed by atoms with Gasteiger partial charge in [-0.3, -0.25) is 9.59 Å². The van der Waals surface area contributed by atoms with Crippen LogP contribution in [0.5, 0.6) is 0 Å². The fraction of sp³-hybridized carbons (Fsp3) is 0.381. The van der Waals surface area contributed by atoms with E-state index >= 15 is 0 Å². The van der Waals surface area contributed by atoms with Crippen molar-refractivity contribution >= 4 is 38.2 Å². The van der Waals surface area contributed by atoms with Gasteiger partial charge in [-0.15, -0.1) is 11.3 Å². The molecule has 8 nitrogen and oxygen atoms in total. The Labute approximate surface area is 189 Å². The summed E-state index contributed by atoms with van der Waals surface area (Å²) in [4.78, 5) is 27.2. The quantitative estimate of drug-likeness (QED) is 0.729. The van der Waals surface area contributed by atoms with Crippen molar-refractivity contribution < 1.29 is 22.4 Å². The number of amides is 2. The number of carbonyl (C=O) groups excluding carboxylic acids is 2. The monoisotopic (exact) mass is 476 g/mol. The average molecular weight is 477 g/mol. The van der Waals surface area contributed by atoms with Crippen LogP contribution in [0.4, 0.5) is 9.39 Å². The summed E-state index contributed by atoms with van der Waals surface area (Å²) in [6.07, 6.45) is 1.38. The lowest BCUT2D eigenvalue weighted by atomic mass is 10.0. The minimum Gasteiger partial charge on any atom is -0.337 e. The van der Waals surface area contributed by atoms with Crippen molar-refractivity contribution in [1.82, 2.24) is 9.21 Å². The number of fused-ring (bicyclic) bond motifs is 1. The maximum absolute atomic E-state index is 13.2. The number of nitriles is 1. The first kappa shape index (κ1) is 22.4. The number of nitrogens with zero attached hydrogens (tertiary/aromatic N) is 3. The summed E-state index contributed by atoms with van der Waals surface area (Å²) < 4.78 is 40.4. The number of nitrogens with one attached hydrogen (secondary N) is 1. The Hall–Kier alpha value is -2.81. The van der Waals surface area contributed by atoms with Gasteiger partial charge in [0.25, 0.3) is 0 Å². The molecule has 2 aliphatic rings. The predicted octanol–water partition coefficient (Wildman–Crippen LogP) is 2.46. The van der Waals surface area contributed by atoms with Gasteiger partial charge >= 0.3 is 0 Å². The number of anilines is 1. The molecule has 1 aromatic carbocycles. The molecule has 1 atom stereocenters. The van der Waals surface area contributed by atoms with E-state index in [1.807, 2.05) is 0 Å². The smallest absolute Gasteiger partial charge is 0.243 e. The number of rotatable bonds is 4. The van der Waals surface area contributed by atoms with Crippen LogP contribution in [-0.4, -0.2) is 48.6 Å². The Morgan fingerprint density at radius 2 is 1.97 bits per heavy atom. The molecule has 168 valence electrons. The van der Waals surface area contributed by atoms with Crippen molar-refractivity contribution in [2.24, 2.45) is 0 Å². The SMILES string of the molecule is CC(=O)N1CCc2c(sc(NC(=O)C3CCCN3S(=O)(=O)c3ccc(F)cc3)c2C#N)C1. The van der Waals surface area contributed by atoms with Crippen molar-refractivity contribution in [2.75, 3.05) is 18.4 Å². The molecule has 1 aromatic heterocycles. The minimum atomic E-state index is -3.98. The van der Waals surface area contributed by atoms with Gasteiger partial charge in [0.1, 0.15) is 22.9 Å². The topological polar surface area (TPSA) is 111 Å². The second-order valence-electron chi connectivity index (χ2n) is 7.73. The Morgan fingerprint density at radius 3 is 2.62 bits per heavy atom. The van der Waals surface area contributed by atoms with E-state index in [9.17, 15) is 27.7 Å². The van der Waals surface area contributed by atoms with Crippen LogP contribution >= 0.6 is 11.3 Å². The van der Waals surface area contributed by atoms with E-state index in [1.165, 1.54) is 30.4 Å². The Balaban J connectivity index is 1.57. The van der Waals surface area contributed by atoms with Gasteiger partial charge in [-0.05, 0) is 49.1 Å². The van der Waals surface area contributed by atoms with Crippen LogP contribution in [-0.2, 0) is 32.6 Å². The van der Waals surface area contributed by atoms with Crippen LogP contribution in [0, 0.1) is 17.1 Å². The van der Waals surface area contributed by atoms with E-state index in [1.54, 1.807) is 4.90 Å². The summed E-state index contributed by atoms with van der Waals surface area (Å²) in [5.74, 6) is -1.11. The lowest BCUT2D eigenvalue weighted by Gasteiger charge is -2.25. The van der Waals surface area contributed by atoms with E-state index in [0.717, 1.165) is 26.9 Å². The molecule has 1 N–H and O–H groups in total. The van der Waals surface area contributed by atoms with E-state index in [0.29, 0.717) is 42.9 Å². The highest BCUT2D eigenvalue weighted by Gasteiger charge is 2.40. The van der Waals surface area contributed by atoms with Crippen molar-refractivity contribution in [3.8, 4) is 6.07 Å². The molecule has 11 heteroatoms. The molecule has 1 saturated heterocycles. The predicted molar refractivity (Wildman–Crippen MR) is 116 cm³/mol. The summed E-state index contributed by atoms with van der Waals surface area (Å²) in [7, 11) is -3.98. The highest BCUT2D eigenvalue weighted by Crippen LogP contribution is 2.37. The first-order chi connectivity index (χ1) is 15.2. The number of thiophene rings is 1. The molecule has 0 aliphatic carbocycles. The zero-order valence-electron chi connectivity index (χ0n) is 17.3. The van der Waals surface area contributed by atoms with Gasteiger partial charge in [0.15, 0.2) is 0 Å². The van der Waals surface area contributed by atoms with E-state index in [-0.39, 0.29) is 17.3 Å². The van der Waals surface area contributed by atoms with Crippen LogP contribution in [0.15, 0.2) is 29.2 Å². The van der Waals surface area contributed by atoms with Gasteiger partial charge in [0.2, 0.25) is 21.8 Å². The standard InChI is InChI=1S/C21H21FN4O4S2/c1-13(27)25-10-8-16-17(11-23)21(31-19(16)12-25)24-20(28)18-3-2-9-26(18)32(29,30)15-6-4-14(22)5-7-15/h4-7,18H,2-3,8-10,12H2,1H3,(H,24,28). The Morgan fingerprint density at radius 1 is 1.25 bits per heavy atom. The van der Waals surface area contributed by atoms with E-state index in [2.05, 4.69) is 11.4 Å². The van der Waals surface area contributed by atoms with Gasteiger partial charge in [-0.2, -0.15) is 9.57 Å². The first-order valence-electron chi connectivity index (χ1n) is 10.1. The Bertz CT molecular complexity index is 1220. The molecule has 0 saturated carbocycles. The van der Waals surface area contributed by atoms with Crippen LogP contribution < -0.4 is 5.32 Å². The molecule has 0 bridgehead atoms. The third-order valence-electron chi connectivity index (χ3n) is 5.78. The molecule has 0 radical (unpaired) electrons. The molecule has 2 aliphatic heterocycles.